The molecule has 14 nitrogen and oxygen atoms in total. The molecule has 3 saturated heterocycles. The minimum absolute atomic E-state index is 0.124. The number of rotatable bonds is 10. The average Bonchev–Trinajstić information content (AvgIpc) is 3.63. The molecule has 15 atom stereocenters. The van der Waals surface area contributed by atoms with E-state index in [9.17, 15) is 24.9 Å². The van der Waals surface area contributed by atoms with Crippen molar-refractivity contribution in [1.29, 1.82) is 0 Å². The van der Waals surface area contributed by atoms with Crippen molar-refractivity contribution in [3.05, 3.63) is 70.9 Å². The Bertz CT molecular complexity index is 1980. The topological polar surface area (TPSA) is 175 Å². The Balaban J connectivity index is 1.41. The van der Waals surface area contributed by atoms with Gasteiger partial charge in [0, 0.05) is 60.7 Å². The van der Waals surface area contributed by atoms with Gasteiger partial charge in [-0.3, -0.25) is 9.59 Å². The number of aliphatic hydroxyl groups excluding tert-OH is 2. The first kappa shape index (κ1) is 49.3. The number of aromatic amines is 1. The zero-order valence-corrected chi connectivity index (χ0v) is 39.4. The van der Waals surface area contributed by atoms with Gasteiger partial charge < -0.3 is 59.1 Å². The smallest absolute Gasteiger partial charge is 0.227 e. The molecule has 2 aromatic carbocycles. The van der Waals surface area contributed by atoms with Crippen LogP contribution in [0.4, 0.5) is 0 Å². The summed E-state index contributed by atoms with van der Waals surface area (Å²) in [6.45, 7) is 13.3. The Morgan fingerprint density at radius 3 is 2.37 bits per heavy atom. The van der Waals surface area contributed by atoms with Crippen molar-refractivity contribution in [2.45, 2.75) is 153 Å². The van der Waals surface area contributed by atoms with Gasteiger partial charge in [-0.25, -0.2) is 0 Å². The van der Waals surface area contributed by atoms with Gasteiger partial charge in [0.15, 0.2) is 12.6 Å². The molecule has 0 aliphatic carbocycles. The number of carbonyl (C=O) groups is 2. The molecule has 4 heterocycles. The van der Waals surface area contributed by atoms with Gasteiger partial charge in [-0.05, 0) is 96.3 Å². The number of benzene rings is 2. The first-order valence-corrected chi connectivity index (χ1v) is 22.9. The van der Waals surface area contributed by atoms with Crippen LogP contribution in [0.15, 0.2) is 54.7 Å². The van der Waals surface area contributed by atoms with E-state index in [0.29, 0.717) is 17.9 Å². The average molecular weight is 900 g/mol. The number of para-hydroxylation sites is 1. The number of nitrogens with one attached hydrogen (secondary N) is 2. The highest BCUT2D eigenvalue weighted by Crippen LogP contribution is 2.39. The summed E-state index contributed by atoms with van der Waals surface area (Å²) < 4.78 is 32.1. The maximum absolute atomic E-state index is 14.9. The first-order chi connectivity index (χ1) is 29.7. The molecular formula is C48H71ClN4O10. The molecule has 2 amide bonds. The molecule has 1 aromatic heterocycles. The third kappa shape index (κ3) is 11.6. The lowest BCUT2D eigenvalue weighted by Gasteiger charge is -2.48. The van der Waals surface area contributed by atoms with Crippen molar-refractivity contribution in [3.8, 4) is 0 Å². The van der Waals surface area contributed by atoms with Gasteiger partial charge in [-0.2, -0.15) is 0 Å². The van der Waals surface area contributed by atoms with Gasteiger partial charge in [0.1, 0.15) is 12.2 Å². The molecular weight excluding hydrogens is 828 g/mol. The van der Waals surface area contributed by atoms with E-state index in [1.54, 1.807) is 44.7 Å². The number of hydrogen-bond acceptors (Lipinski definition) is 11. The summed E-state index contributed by atoms with van der Waals surface area (Å²) in [7, 11) is 5.33. The summed E-state index contributed by atoms with van der Waals surface area (Å²) in [6, 6.07) is 14.5. The largest absolute Gasteiger partial charge is 0.387 e. The van der Waals surface area contributed by atoms with Crippen molar-refractivity contribution in [1.82, 2.24) is 20.1 Å². The fraction of sp³-hybridized carbons (Fsp3) is 0.667. The van der Waals surface area contributed by atoms with E-state index < -0.39 is 72.2 Å². The summed E-state index contributed by atoms with van der Waals surface area (Å²) in [5.41, 5.74) is 0.104. The number of methoxy groups -OCH3 is 1. The summed E-state index contributed by atoms with van der Waals surface area (Å²) in [5, 5.41) is 40.5. The highest BCUT2D eigenvalue weighted by Gasteiger charge is 2.51. The number of H-pyrrole nitrogens is 1. The zero-order valence-electron chi connectivity index (χ0n) is 38.6. The number of carbonyl (C=O) groups excluding carboxylic acids is 2. The monoisotopic (exact) mass is 898 g/mol. The number of aliphatic hydroxyl groups is 3. The van der Waals surface area contributed by atoms with Crippen LogP contribution >= 0.6 is 11.6 Å². The third-order valence-corrected chi connectivity index (χ3v) is 14.0. The maximum Gasteiger partial charge on any atom is 0.227 e. The van der Waals surface area contributed by atoms with Crippen molar-refractivity contribution in [2.24, 2.45) is 17.8 Å². The molecule has 0 saturated carbocycles. The van der Waals surface area contributed by atoms with Crippen molar-refractivity contribution >= 4 is 34.3 Å². The molecule has 0 radical (unpaired) electrons. The van der Waals surface area contributed by atoms with Crippen LogP contribution in [0.25, 0.3) is 10.9 Å². The molecule has 63 heavy (non-hydrogen) atoms. The van der Waals surface area contributed by atoms with Crippen molar-refractivity contribution < 1.29 is 48.6 Å². The second-order valence-electron chi connectivity index (χ2n) is 19.4. The van der Waals surface area contributed by atoms with Crippen molar-refractivity contribution in [2.75, 3.05) is 34.3 Å². The second kappa shape index (κ2) is 20.6. The molecule has 0 spiro atoms. The zero-order chi connectivity index (χ0) is 46.0. The Morgan fingerprint density at radius 2 is 1.68 bits per heavy atom. The van der Waals surface area contributed by atoms with E-state index in [1.807, 2.05) is 82.4 Å². The number of aromatic nitrogens is 1. The maximum atomic E-state index is 14.9. The van der Waals surface area contributed by atoms with Crippen LogP contribution < -0.4 is 5.32 Å². The van der Waals surface area contributed by atoms with Gasteiger partial charge in [-0.15, -0.1) is 0 Å². The Kier molecular flexibility index (Phi) is 16.1. The number of amides is 2. The SMILES string of the molecule is CO[C@]1(C)C[C@H](O[C@H]2[C@H](C)[C@@H](O[C@@H]3O[C@H](C)C[C@H](N(C)C)[C@H]3O)[C@](C)(O)C[C@@H](C)CN(C(=O)Cc3c[nH]c4ccccc34)CC(Cc3ccc(Cl)cc3)NC(=O)[C@@H]2C)O[C@@H](C)[C@@H]1O. The summed E-state index contributed by atoms with van der Waals surface area (Å²) in [4.78, 5) is 36.5. The lowest BCUT2D eigenvalue weighted by Crippen LogP contribution is -2.60. The lowest BCUT2D eigenvalue weighted by atomic mass is 9.77. The highest BCUT2D eigenvalue weighted by atomic mass is 35.5. The predicted molar refractivity (Wildman–Crippen MR) is 241 cm³/mol. The van der Waals surface area contributed by atoms with Crippen LogP contribution in [0.5, 0.6) is 0 Å². The molecule has 3 aliphatic heterocycles. The van der Waals surface area contributed by atoms with Crippen LogP contribution in [-0.2, 0) is 46.1 Å². The molecule has 3 aromatic rings. The summed E-state index contributed by atoms with van der Waals surface area (Å²) in [6.07, 6.45) is -3.64. The van der Waals surface area contributed by atoms with Crippen molar-refractivity contribution in [3.63, 3.8) is 0 Å². The molecule has 3 fully saturated rings. The summed E-state index contributed by atoms with van der Waals surface area (Å²) >= 11 is 6.28. The second-order valence-corrected chi connectivity index (χ2v) is 19.8. The Hall–Kier alpha value is -3.15. The minimum Gasteiger partial charge on any atom is -0.387 e. The number of likely N-dealkylation sites (N-methyl/N-ethyl adjacent to an activating group) is 1. The van der Waals surface area contributed by atoms with E-state index in [1.165, 1.54) is 7.11 Å². The van der Waals surface area contributed by atoms with E-state index in [0.717, 1.165) is 22.0 Å². The van der Waals surface area contributed by atoms with E-state index in [4.69, 9.17) is 35.3 Å². The number of hydrogen-bond donors (Lipinski definition) is 5. The fourth-order valence-corrected chi connectivity index (χ4v) is 10.3. The fourth-order valence-electron chi connectivity index (χ4n) is 10.2. The molecule has 15 heteroatoms. The van der Waals surface area contributed by atoms with Crippen LogP contribution in [0.2, 0.25) is 5.02 Å². The van der Waals surface area contributed by atoms with Gasteiger partial charge in [0.05, 0.1) is 54.0 Å². The van der Waals surface area contributed by atoms with E-state index in [2.05, 4.69) is 10.3 Å². The van der Waals surface area contributed by atoms with E-state index in [-0.39, 0.29) is 62.2 Å². The van der Waals surface area contributed by atoms with Crippen LogP contribution in [0.1, 0.15) is 78.9 Å². The molecule has 0 bridgehead atoms. The van der Waals surface area contributed by atoms with Crippen LogP contribution in [0, 0.1) is 17.8 Å². The van der Waals surface area contributed by atoms with Gasteiger partial charge in [0.25, 0.3) is 0 Å². The quantitative estimate of drug-likeness (QED) is 0.184. The van der Waals surface area contributed by atoms with Gasteiger partial charge in [0.2, 0.25) is 11.8 Å². The van der Waals surface area contributed by atoms with Crippen LogP contribution in [-0.4, -0.2) is 149 Å². The highest BCUT2D eigenvalue weighted by molar-refractivity contribution is 6.30. The summed E-state index contributed by atoms with van der Waals surface area (Å²) in [5.74, 6) is -2.32. The molecule has 350 valence electrons. The number of ether oxygens (including phenoxy) is 5. The van der Waals surface area contributed by atoms with E-state index >= 15 is 0 Å². The normalized spacial score (nSPS) is 37.5. The standard InChI is InChI=1S/C48H71ClN4O10/c1-27-22-47(6,58)44(63-46-41(55)38(52(8)9)19-28(2)60-46)29(3)42(62-40-23-48(7,59-10)43(56)31(5)61-40)30(4)45(57)51-35(20-32-15-17-34(49)18-16-32)26-53(25-27)39(54)21-33-24-50-37-14-12-11-13-36(33)37/h11-18,24,27-31,35,38,40-44,46,50,55-56,58H,19-23,25-26H2,1-10H3,(H,51,57)/t27-,28-,29+,30-,31+,35?,38+,40+,41-,42+,43+,44-,46+,47-,48-/m1/s1. The molecule has 3 aliphatic rings. The Morgan fingerprint density at radius 1 is 0.984 bits per heavy atom. The predicted octanol–water partition coefficient (Wildman–Crippen LogP) is 5.08. The van der Waals surface area contributed by atoms with Gasteiger partial charge >= 0.3 is 0 Å². The molecule has 5 N–H and O–H groups in total. The lowest BCUT2D eigenvalue weighted by molar-refractivity contribution is -0.317. The first-order valence-electron chi connectivity index (χ1n) is 22.5. The van der Waals surface area contributed by atoms with Gasteiger partial charge in [-0.1, -0.05) is 62.7 Å². The Labute approximate surface area is 377 Å². The number of halogens is 1. The number of fused-ring (bicyclic) bond motifs is 1. The van der Waals surface area contributed by atoms with Crippen LogP contribution in [0.3, 0.4) is 0 Å². The molecule has 1 unspecified atom stereocenters. The number of nitrogens with zero attached hydrogens (tertiary/aromatic N) is 2. The third-order valence-electron chi connectivity index (χ3n) is 13.7. The minimum atomic E-state index is -1.60. The molecule has 6 rings (SSSR count).